The number of hydrogen-bond acceptors (Lipinski definition) is 3. The van der Waals surface area contributed by atoms with Gasteiger partial charge in [-0.1, -0.05) is 59.6 Å². The van der Waals surface area contributed by atoms with Gasteiger partial charge in [0.05, 0.1) is 5.69 Å². The van der Waals surface area contributed by atoms with Crippen molar-refractivity contribution in [3.8, 4) is 0 Å². The number of amides is 1. The van der Waals surface area contributed by atoms with Crippen LogP contribution in [0.15, 0.2) is 89.3 Å². The first kappa shape index (κ1) is 25.2. The van der Waals surface area contributed by atoms with Gasteiger partial charge in [-0.05, 0) is 54.7 Å². The molecule has 8 heteroatoms. The number of ketones is 1. The number of halogens is 4. The smallest absolute Gasteiger partial charge is 0.254 e. The Morgan fingerprint density at radius 3 is 2.46 bits per heavy atom. The van der Waals surface area contributed by atoms with Crippen molar-refractivity contribution in [1.29, 1.82) is 0 Å². The molecule has 0 unspecified atom stereocenters. The van der Waals surface area contributed by atoms with Gasteiger partial charge >= 0.3 is 0 Å². The molecule has 1 heterocycles. The zero-order valence-electron chi connectivity index (χ0n) is 19.7. The predicted molar refractivity (Wildman–Crippen MR) is 140 cm³/mol. The number of rotatable bonds is 4. The maximum atomic E-state index is 14.4. The minimum Gasteiger partial charge on any atom is -0.362 e. The molecule has 0 bridgehead atoms. The second-order valence-corrected chi connectivity index (χ2v) is 10.0. The van der Waals surface area contributed by atoms with E-state index < -0.39 is 23.5 Å². The molecule has 188 valence electrons. The largest absolute Gasteiger partial charge is 0.362 e. The molecule has 0 aromatic heterocycles. The summed E-state index contributed by atoms with van der Waals surface area (Å²) in [6.07, 6.45) is 0.846. The molecule has 0 saturated carbocycles. The van der Waals surface area contributed by atoms with Gasteiger partial charge < -0.3 is 10.6 Å². The van der Waals surface area contributed by atoms with Crippen molar-refractivity contribution in [2.45, 2.75) is 31.6 Å². The Labute approximate surface area is 223 Å². The van der Waals surface area contributed by atoms with E-state index in [9.17, 15) is 18.4 Å². The Hall–Kier alpha value is -3.48. The van der Waals surface area contributed by atoms with Gasteiger partial charge in [0.25, 0.3) is 5.91 Å². The fourth-order valence-corrected chi connectivity index (χ4v) is 5.65. The van der Waals surface area contributed by atoms with E-state index in [1.165, 1.54) is 0 Å². The van der Waals surface area contributed by atoms with E-state index in [1.54, 1.807) is 25.1 Å². The van der Waals surface area contributed by atoms with Gasteiger partial charge in [0.15, 0.2) is 5.78 Å². The number of carbonyl (C=O) groups is 2. The van der Waals surface area contributed by atoms with Gasteiger partial charge in [-0.2, -0.15) is 0 Å². The lowest BCUT2D eigenvalue weighted by atomic mass is 9.71. The van der Waals surface area contributed by atoms with E-state index in [1.807, 2.05) is 30.3 Å². The lowest BCUT2D eigenvalue weighted by Crippen LogP contribution is -2.37. The second kappa shape index (κ2) is 10.1. The second-order valence-electron chi connectivity index (χ2n) is 9.17. The molecule has 1 amide bonds. The standard InChI is InChI=1S/C29H22Cl2F2N2O2/c1-15-26(29(37)35-23-10-8-19(32)14-22(23)33)27(20-9-7-18(30)13-21(20)31)28-24(34-15)11-17(12-25(28)36)16-5-3-2-4-6-16/h2-10,13-14,17,27,34H,11-12H2,1H3,(H,35,37)/t17-,27-/m0/s1. The Kier molecular flexibility index (Phi) is 6.88. The molecule has 0 fully saturated rings. The van der Waals surface area contributed by atoms with E-state index in [4.69, 9.17) is 23.2 Å². The Morgan fingerprint density at radius 2 is 1.76 bits per heavy atom. The highest BCUT2D eigenvalue weighted by Crippen LogP contribution is 2.47. The highest BCUT2D eigenvalue weighted by molar-refractivity contribution is 6.35. The lowest BCUT2D eigenvalue weighted by molar-refractivity contribution is -0.116. The molecule has 3 aromatic rings. The van der Waals surface area contributed by atoms with Gasteiger partial charge in [-0.3, -0.25) is 9.59 Å². The molecule has 1 aliphatic carbocycles. The molecule has 1 aliphatic heterocycles. The predicted octanol–water partition coefficient (Wildman–Crippen LogP) is 7.27. The molecule has 0 saturated heterocycles. The van der Waals surface area contributed by atoms with Crippen molar-refractivity contribution >= 4 is 40.6 Å². The topological polar surface area (TPSA) is 58.2 Å². The molecule has 0 spiro atoms. The molecule has 2 aliphatic rings. The summed E-state index contributed by atoms with van der Waals surface area (Å²) in [5, 5.41) is 6.52. The highest BCUT2D eigenvalue weighted by Gasteiger charge is 2.41. The van der Waals surface area contributed by atoms with Crippen molar-refractivity contribution in [2.24, 2.45) is 0 Å². The lowest BCUT2D eigenvalue weighted by Gasteiger charge is -2.37. The third kappa shape index (κ3) is 4.91. The summed E-state index contributed by atoms with van der Waals surface area (Å²) >= 11 is 12.7. The molecule has 2 N–H and O–H groups in total. The maximum absolute atomic E-state index is 14.4. The van der Waals surface area contributed by atoms with E-state index in [0.717, 1.165) is 23.4 Å². The fraction of sp³-hybridized carbons (Fsp3) is 0.172. The van der Waals surface area contributed by atoms with E-state index in [-0.39, 0.29) is 29.4 Å². The molecule has 37 heavy (non-hydrogen) atoms. The van der Waals surface area contributed by atoms with Crippen LogP contribution in [0, 0.1) is 11.6 Å². The average molecular weight is 539 g/mol. The fourth-order valence-electron chi connectivity index (χ4n) is 5.13. The monoisotopic (exact) mass is 538 g/mol. The molecular weight excluding hydrogens is 517 g/mol. The van der Waals surface area contributed by atoms with Gasteiger partial charge in [-0.15, -0.1) is 0 Å². The Morgan fingerprint density at radius 1 is 1.00 bits per heavy atom. The van der Waals surface area contributed by atoms with Crippen molar-refractivity contribution < 1.29 is 18.4 Å². The van der Waals surface area contributed by atoms with Gasteiger partial charge in [0.1, 0.15) is 11.6 Å². The summed E-state index contributed by atoms with van der Waals surface area (Å²) in [4.78, 5) is 27.2. The van der Waals surface area contributed by atoms with E-state index in [0.29, 0.717) is 39.4 Å². The van der Waals surface area contributed by atoms with Crippen LogP contribution in [0.4, 0.5) is 14.5 Å². The van der Waals surface area contributed by atoms with Crippen molar-refractivity contribution in [2.75, 3.05) is 5.32 Å². The number of carbonyl (C=O) groups excluding carboxylic acids is 2. The maximum Gasteiger partial charge on any atom is 0.254 e. The van der Waals surface area contributed by atoms with Crippen LogP contribution in [0.3, 0.4) is 0 Å². The van der Waals surface area contributed by atoms with E-state index >= 15 is 0 Å². The third-order valence-electron chi connectivity index (χ3n) is 6.80. The SMILES string of the molecule is CC1=C(C(=O)Nc2ccc(F)cc2F)[C@H](c2ccc(Cl)cc2Cl)C2=C(C[C@H](c3ccccc3)CC2=O)N1. The summed E-state index contributed by atoms with van der Waals surface area (Å²) in [7, 11) is 0. The van der Waals surface area contributed by atoms with Gasteiger partial charge in [0, 0.05) is 51.0 Å². The van der Waals surface area contributed by atoms with Crippen LogP contribution >= 0.6 is 23.2 Å². The number of dihydropyridines is 1. The number of nitrogens with one attached hydrogen (secondary N) is 2. The van der Waals surface area contributed by atoms with Crippen LogP contribution < -0.4 is 10.6 Å². The number of allylic oxidation sites excluding steroid dienone is 3. The minimum absolute atomic E-state index is 0.0159. The molecule has 4 nitrogen and oxygen atoms in total. The van der Waals surface area contributed by atoms with Crippen molar-refractivity contribution in [3.05, 3.63) is 122 Å². The first-order valence-electron chi connectivity index (χ1n) is 11.7. The molecule has 0 radical (unpaired) electrons. The Bertz CT molecular complexity index is 1480. The summed E-state index contributed by atoms with van der Waals surface area (Å²) in [5.41, 5.74) is 3.33. The number of hydrogen-bond donors (Lipinski definition) is 2. The van der Waals surface area contributed by atoms with Crippen LogP contribution in [0.2, 0.25) is 10.0 Å². The molecule has 3 aromatic carbocycles. The Balaban J connectivity index is 1.59. The first-order chi connectivity index (χ1) is 17.7. The van der Waals surface area contributed by atoms with Crippen LogP contribution in [-0.2, 0) is 9.59 Å². The number of Topliss-reactive ketones (excluding diaryl/α,β-unsaturated/α-hetero) is 1. The normalized spacial score (nSPS) is 19.4. The quantitative estimate of drug-likeness (QED) is 0.367. The third-order valence-corrected chi connectivity index (χ3v) is 7.36. The molecule has 2 atom stereocenters. The highest BCUT2D eigenvalue weighted by atomic mass is 35.5. The zero-order valence-corrected chi connectivity index (χ0v) is 21.3. The summed E-state index contributed by atoms with van der Waals surface area (Å²) in [6.45, 7) is 1.73. The number of benzene rings is 3. The van der Waals surface area contributed by atoms with Crippen molar-refractivity contribution in [1.82, 2.24) is 5.32 Å². The van der Waals surface area contributed by atoms with Crippen LogP contribution in [-0.4, -0.2) is 11.7 Å². The summed E-state index contributed by atoms with van der Waals surface area (Å²) < 4.78 is 27.8. The van der Waals surface area contributed by atoms with Crippen LogP contribution in [0.25, 0.3) is 0 Å². The van der Waals surface area contributed by atoms with Gasteiger partial charge in [0.2, 0.25) is 0 Å². The summed E-state index contributed by atoms with van der Waals surface area (Å²) in [5.74, 6) is -3.21. The number of anilines is 1. The average Bonchev–Trinajstić information content (AvgIpc) is 2.85. The van der Waals surface area contributed by atoms with Crippen LogP contribution in [0.1, 0.15) is 42.7 Å². The van der Waals surface area contributed by atoms with Crippen LogP contribution in [0.5, 0.6) is 0 Å². The minimum atomic E-state index is -0.907. The molecular formula is C29H22Cl2F2N2O2. The first-order valence-corrected chi connectivity index (χ1v) is 12.5. The zero-order chi connectivity index (χ0) is 26.3. The van der Waals surface area contributed by atoms with Crippen molar-refractivity contribution in [3.63, 3.8) is 0 Å². The molecule has 5 rings (SSSR count). The van der Waals surface area contributed by atoms with E-state index in [2.05, 4.69) is 10.6 Å². The summed E-state index contributed by atoms with van der Waals surface area (Å²) in [6, 6.07) is 17.6. The van der Waals surface area contributed by atoms with Gasteiger partial charge in [-0.25, -0.2) is 8.78 Å².